The van der Waals surface area contributed by atoms with Crippen molar-refractivity contribution in [2.24, 2.45) is 0 Å². The van der Waals surface area contributed by atoms with Crippen molar-refractivity contribution in [2.45, 2.75) is 6.10 Å². The maximum absolute atomic E-state index is 11.3. The minimum Gasteiger partial charge on any atom is -0.502 e. The zero-order valence-electron chi connectivity index (χ0n) is 9.70. The maximum Gasteiger partial charge on any atom is 0.231 e. The van der Waals surface area contributed by atoms with Gasteiger partial charge in [0.05, 0.1) is 6.26 Å². The highest BCUT2D eigenvalue weighted by Crippen LogP contribution is 2.36. The largest absolute Gasteiger partial charge is 0.502 e. The van der Waals surface area contributed by atoms with Gasteiger partial charge in [0.2, 0.25) is 18.0 Å². The van der Waals surface area contributed by atoms with E-state index < -0.39 is 17.3 Å². The van der Waals surface area contributed by atoms with E-state index in [2.05, 4.69) is 0 Å². The highest BCUT2D eigenvalue weighted by atomic mass is 16.7. The summed E-state index contributed by atoms with van der Waals surface area (Å²) in [6.45, 7) is 0.126. The number of hydrogen-bond donors (Lipinski definition) is 2. The molecule has 6 heteroatoms. The van der Waals surface area contributed by atoms with Crippen LogP contribution in [0.15, 0.2) is 39.7 Å². The average Bonchev–Trinajstić information content (AvgIpc) is 2.88. The second-order valence-electron chi connectivity index (χ2n) is 4.01. The molecular weight excluding hydrogens is 252 g/mol. The molecule has 3 rings (SSSR count). The normalized spacial score (nSPS) is 14.4. The van der Waals surface area contributed by atoms with Gasteiger partial charge < -0.3 is 24.1 Å². The van der Waals surface area contributed by atoms with E-state index in [0.717, 1.165) is 12.3 Å². The quantitative estimate of drug-likeness (QED) is 0.844. The van der Waals surface area contributed by atoms with Gasteiger partial charge in [0, 0.05) is 6.07 Å². The van der Waals surface area contributed by atoms with Crippen LogP contribution in [0, 0.1) is 0 Å². The molecule has 1 aliphatic rings. The van der Waals surface area contributed by atoms with Gasteiger partial charge >= 0.3 is 0 Å². The molecule has 0 fully saturated rings. The van der Waals surface area contributed by atoms with Crippen LogP contribution >= 0.6 is 0 Å². The summed E-state index contributed by atoms with van der Waals surface area (Å²) in [6.07, 6.45) is -0.142. The molecule has 0 saturated carbocycles. The van der Waals surface area contributed by atoms with E-state index in [1.807, 2.05) is 0 Å². The predicted molar refractivity (Wildman–Crippen MR) is 63.3 cm³/mol. The Hall–Kier alpha value is -2.47. The molecule has 1 aliphatic heterocycles. The van der Waals surface area contributed by atoms with Crippen LogP contribution in [0.4, 0.5) is 0 Å². The summed E-state index contributed by atoms with van der Waals surface area (Å²) in [4.78, 5) is 11.3. The van der Waals surface area contributed by atoms with Crippen LogP contribution in [0.2, 0.25) is 0 Å². The number of rotatable bonds is 2. The molecule has 1 aromatic carbocycles. The number of fused-ring (bicyclic) bond motifs is 1. The number of aliphatic hydroxyl groups is 1. The van der Waals surface area contributed by atoms with Gasteiger partial charge in [-0.1, -0.05) is 6.07 Å². The summed E-state index contributed by atoms with van der Waals surface area (Å²) in [6, 6.07) is 5.88. The Bertz CT molecular complexity index is 675. The average molecular weight is 262 g/mol. The first-order valence-corrected chi connectivity index (χ1v) is 5.55. The molecular formula is C13H10O6. The van der Waals surface area contributed by atoms with Crippen LogP contribution in [0.3, 0.4) is 0 Å². The van der Waals surface area contributed by atoms with E-state index >= 15 is 0 Å². The molecule has 2 heterocycles. The van der Waals surface area contributed by atoms with Gasteiger partial charge in [0.15, 0.2) is 17.3 Å². The molecule has 2 N–H and O–H groups in total. The second-order valence-corrected chi connectivity index (χ2v) is 4.01. The maximum atomic E-state index is 11.3. The number of hydrogen-bond acceptors (Lipinski definition) is 6. The molecule has 0 saturated heterocycles. The topological polar surface area (TPSA) is 89.1 Å². The van der Waals surface area contributed by atoms with Crippen molar-refractivity contribution >= 4 is 0 Å². The number of aromatic hydroxyl groups is 1. The van der Waals surface area contributed by atoms with Crippen LogP contribution in [-0.2, 0) is 0 Å². The summed E-state index contributed by atoms with van der Waals surface area (Å²) in [5, 5.41) is 19.7. The molecule has 1 atom stereocenters. The number of ether oxygens (including phenoxy) is 2. The zero-order valence-corrected chi connectivity index (χ0v) is 9.70. The molecule has 0 spiro atoms. The van der Waals surface area contributed by atoms with Crippen LogP contribution in [0.1, 0.15) is 17.4 Å². The Kier molecular flexibility index (Phi) is 2.64. The molecule has 0 aliphatic carbocycles. The highest BCUT2D eigenvalue weighted by molar-refractivity contribution is 5.46. The summed E-state index contributed by atoms with van der Waals surface area (Å²) < 4.78 is 15.3. The first kappa shape index (κ1) is 11.6. The van der Waals surface area contributed by atoms with Gasteiger partial charge in [-0.3, -0.25) is 4.79 Å². The van der Waals surface area contributed by atoms with E-state index in [9.17, 15) is 15.0 Å². The smallest absolute Gasteiger partial charge is 0.231 e. The Balaban J connectivity index is 2.02. The third-order valence-electron chi connectivity index (χ3n) is 2.84. The summed E-state index contributed by atoms with van der Waals surface area (Å²) in [7, 11) is 0. The molecule has 6 nitrogen and oxygen atoms in total. The third-order valence-corrected chi connectivity index (χ3v) is 2.84. The van der Waals surface area contributed by atoms with E-state index in [0.29, 0.717) is 17.1 Å². The lowest BCUT2D eigenvalue weighted by atomic mass is 10.1. The van der Waals surface area contributed by atoms with Crippen molar-refractivity contribution in [2.75, 3.05) is 6.79 Å². The predicted octanol–water partition coefficient (Wildman–Crippen LogP) is 1.16. The van der Waals surface area contributed by atoms with Gasteiger partial charge in [-0.15, -0.1) is 0 Å². The number of benzene rings is 1. The minimum absolute atomic E-state index is 0.126. The molecule has 0 radical (unpaired) electrons. The van der Waals surface area contributed by atoms with Gasteiger partial charge in [-0.25, -0.2) is 0 Å². The van der Waals surface area contributed by atoms with Crippen molar-refractivity contribution in [1.29, 1.82) is 0 Å². The first-order chi connectivity index (χ1) is 9.16. The Labute approximate surface area is 107 Å². The van der Waals surface area contributed by atoms with Crippen molar-refractivity contribution in [3.8, 4) is 17.2 Å². The van der Waals surface area contributed by atoms with Crippen LogP contribution in [0.5, 0.6) is 17.2 Å². The lowest BCUT2D eigenvalue weighted by Crippen LogP contribution is -2.06. The Morgan fingerprint density at radius 2 is 1.95 bits per heavy atom. The first-order valence-electron chi connectivity index (χ1n) is 5.55. The third kappa shape index (κ3) is 1.92. The van der Waals surface area contributed by atoms with Crippen molar-refractivity contribution in [3.05, 3.63) is 52.1 Å². The lowest BCUT2D eigenvalue weighted by molar-refractivity contribution is 0.172. The highest BCUT2D eigenvalue weighted by Gasteiger charge is 2.22. The Morgan fingerprint density at radius 3 is 2.79 bits per heavy atom. The lowest BCUT2D eigenvalue weighted by Gasteiger charge is -2.11. The molecule has 1 unspecified atom stereocenters. The van der Waals surface area contributed by atoms with Crippen molar-refractivity contribution in [3.63, 3.8) is 0 Å². The van der Waals surface area contributed by atoms with E-state index in [4.69, 9.17) is 13.9 Å². The van der Waals surface area contributed by atoms with Crippen LogP contribution in [-0.4, -0.2) is 17.0 Å². The van der Waals surface area contributed by atoms with E-state index in [-0.39, 0.29) is 12.6 Å². The van der Waals surface area contributed by atoms with Gasteiger partial charge in [-0.2, -0.15) is 0 Å². The monoisotopic (exact) mass is 262 g/mol. The second kappa shape index (κ2) is 4.33. The Morgan fingerprint density at radius 1 is 1.16 bits per heavy atom. The van der Waals surface area contributed by atoms with Crippen molar-refractivity contribution < 1.29 is 24.1 Å². The SMILES string of the molecule is O=c1ccoc(C(O)c2ccc3c(c2)OCO3)c1O. The zero-order chi connectivity index (χ0) is 13.4. The van der Waals surface area contributed by atoms with Gasteiger partial charge in [0.1, 0.15) is 6.10 Å². The van der Waals surface area contributed by atoms with Gasteiger partial charge in [0.25, 0.3) is 0 Å². The molecule has 0 amide bonds. The van der Waals surface area contributed by atoms with Gasteiger partial charge in [-0.05, 0) is 17.7 Å². The standard InChI is InChI=1S/C13H10O6/c14-8-3-4-17-13(12(8)16)11(15)7-1-2-9-10(5-7)19-6-18-9/h1-5,11,15-16H,6H2. The summed E-state index contributed by atoms with van der Waals surface area (Å²) in [5.41, 5.74) is -0.185. The number of aliphatic hydroxyl groups excluding tert-OH is 1. The minimum atomic E-state index is -1.26. The summed E-state index contributed by atoms with van der Waals surface area (Å²) in [5.74, 6) is 0.267. The van der Waals surface area contributed by atoms with E-state index in [1.54, 1.807) is 18.2 Å². The molecule has 19 heavy (non-hydrogen) atoms. The van der Waals surface area contributed by atoms with Crippen LogP contribution < -0.4 is 14.9 Å². The van der Waals surface area contributed by atoms with Crippen molar-refractivity contribution in [1.82, 2.24) is 0 Å². The van der Waals surface area contributed by atoms with Crippen LogP contribution in [0.25, 0.3) is 0 Å². The molecule has 2 aromatic rings. The molecule has 98 valence electrons. The molecule has 1 aromatic heterocycles. The fourth-order valence-corrected chi connectivity index (χ4v) is 1.85. The fourth-order valence-electron chi connectivity index (χ4n) is 1.85. The van der Waals surface area contributed by atoms with E-state index in [1.165, 1.54) is 0 Å². The molecule has 0 bridgehead atoms. The summed E-state index contributed by atoms with van der Waals surface area (Å²) >= 11 is 0. The fraction of sp³-hybridized carbons (Fsp3) is 0.154.